The average Bonchev–Trinajstić information content (AvgIpc) is 1.45. The van der Waals surface area contributed by atoms with Crippen LogP contribution in [0.4, 0.5) is 5.69 Å². The predicted molar refractivity (Wildman–Crippen MR) is 367 cm³/mol. The molecule has 0 saturated carbocycles. The lowest BCUT2D eigenvalue weighted by molar-refractivity contribution is -0.149. The second-order valence-corrected chi connectivity index (χ2v) is 26.3. The third-order valence-electron chi connectivity index (χ3n) is 17.6. The number of para-hydroxylation sites is 1. The molecule has 0 aliphatic carbocycles. The van der Waals surface area contributed by atoms with E-state index in [1.807, 2.05) is 32.0 Å². The van der Waals surface area contributed by atoms with Crippen LogP contribution in [0.3, 0.4) is 0 Å². The average molecular weight is 1500 g/mol. The lowest BCUT2D eigenvalue weighted by Crippen LogP contribution is -2.60. The Hall–Kier alpha value is -7.84. The smallest absolute Gasteiger partial charge is 0.282 e. The number of aliphatic hydroxyl groups is 1. The monoisotopic (exact) mass is 1500 g/mol. The van der Waals surface area contributed by atoms with Gasteiger partial charge in [0.25, 0.3) is 11.8 Å². The number of amides is 12. The highest BCUT2D eigenvalue weighted by Gasteiger charge is 2.45. The Balaban J connectivity index is 1.11. The number of hydrogen-bond acceptors (Lipinski definition) is 18. The van der Waals surface area contributed by atoms with E-state index in [0.717, 1.165) is 4.90 Å². The first kappa shape index (κ1) is 80.8. The van der Waals surface area contributed by atoms with Crippen molar-refractivity contribution >= 4 is 108 Å². The molecule has 2 aromatic carbocycles. The normalized spacial score (nSPS) is 16.3. The number of anilines is 1. The maximum absolute atomic E-state index is 14.8. The summed E-state index contributed by atoms with van der Waals surface area (Å²) in [7, 11) is 6.02. The fraction of sp³-hybridized carbons (Fsp3) is 0.582. The van der Waals surface area contributed by atoms with Crippen molar-refractivity contribution in [1.82, 2.24) is 61.5 Å². The van der Waals surface area contributed by atoms with E-state index in [1.54, 1.807) is 96.8 Å². The van der Waals surface area contributed by atoms with Gasteiger partial charge in [-0.2, -0.15) is 0 Å². The third kappa shape index (κ3) is 21.3. The van der Waals surface area contributed by atoms with Gasteiger partial charge in [0, 0.05) is 51.2 Å². The number of nitrogens with zero attached hydrogens (tertiary/aromatic N) is 7. The molecule has 7 N–H and O–H groups in total. The summed E-state index contributed by atoms with van der Waals surface area (Å²) in [5.41, 5.74) is 2.07. The molecule has 12 amide bonds. The molecule has 29 nitrogen and oxygen atoms in total. The van der Waals surface area contributed by atoms with Crippen LogP contribution in [0.5, 0.6) is 0 Å². The molecule has 3 aromatic rings. The number of likely N-dealkylation sites (tertiary alicyclic amines) is 1. The van der Waals surface area contributed by atoms with Gasteiger partial charge in [0.05, 0.1) is 79.8 Å². The molecular formula is C67H95Br2N13O16. The van der Waals surface area contributed by atoms with Crippen molar-refractivity contribution in [3.63, 3.8) is 0 Å². The number of aliphatic hydroxyl groups excluding tert-OH is 1. The van der Waals surface area contributed by atoms with Crippen LogP contribution in [0.25, 0.3) is 0 Å². The van der Waals surface area contributed by atoms with Crippen molar-refractivity contribution in [1.29, 1.82) is 0 Å². The third-order valence-corrected chi connectivity index (χ3v) is 18.7. The SMILES string of the molecule is CC[C@H](C)[C@@H]([C@@H](CC(=O)N1CCC[C@H]1[C@H](OC)[C@@H](C)C(=O)N[C@H](C)[C@@H](O)c1ccccc1)OC)N(C)C(=O)[C@@H](NC(=O)[C@H](C(C)C)N(C)C(=O)COCNC(=O)CN(C(=O)CNC(=O)CNC(=O)CNC(=O)CN1C(=O)c2nc(CBr)c(CBr)nc2C1=O)c1ccccc1C)C(C)C. The number of alkyl halides is 2. The Labute approximate surface area is 588 Å². The van der Waals surface area contributed by atoms with Crippen molar-refractivity contribution in [2.24, 2.45) is 23.7 Å². The van der Waals surface area contributed by atoms with E-state index in [9.17, 15) is 62.6 Å². The lowest BCUT2D eigenvalue weighted by Gasteiger charge is -2.41. The van der Waals surface area contributed by atoms with E-state index < -0.39 is 171 Å². The summed E-state index contributed by atoms with van der Waals surface area (Å²) in [6.07, 6.45) is -0.682. The number of rotatable bonds is 37. The van der Waals surface area contributed by atoms with E-state index in [4.69, 9.17) is 14.2 Å². The quantitative estimate of drug-likeness (QED) is 0.0189. The van der Waals surface area contributed by atoms with Crippen LogP contribution in [0.1, 0.15) is 131 Å². The minimum atomic E-state index is -1.10. The summed E-state index contributed by atoms with van der Waals surface area (Å²) in [5, 5.41) is 26.8. The van der Waals surface area contributed by atoms with Gasteiger partial charge in [-0.05, 0) is 61.6 Å². The number of hydrogen-bond donors (Lipinski definition) is 7. The fourth-order valence-electron chi connectivity index (χ4n) is 11.9. The number of carbonyl (C=O) groups excluding carboxylic acids is 12. The Bertz CT molecular complexity index is 3290. The second-order valence-electron chi connectivity index (χ2n) is 25.1. The molecule has 2 aliphatic heterocycles. The number of nitrogens with one attached hydrogen (secondary N) is 6. The summed E-state index contributed by atoms with van der Waals surface area (Å²) in [4.78, 5) is 177. The molecule has 1 fully saturated rings. The van der Waals surface area contributed by atoms with Crippen molar-refractivity contribution in [3.05, 3.63) is 88.5 Å². The Morgan fingerprint density at radius 3 is 1.84 bits per heavy atom. The molecule has 0 radical (unpaired) electrons. The highest BCUT2D eigenvalue weighted by atomic mass is 79.9. The highest BCUT2D eigenvalue weighted by Crippen LogP contribution is 2.31. The summed E-state index contributed by atoms with van der Waals surface area (Å²) >= 11 is 6.54. The number of halogens is 2. The largest absolute Gasteiger partial charge is 0.386 e. The van der Waals surface area contributed by atoms with Gasteiger partial charge in [-0.15, -0.1) is 0 Å². The van der Waals surface area contributed by atoms with Crippen LogP contribution in [-0.4, -0.2) is 229 Å². The number of carbonyl (C=O) groups is 12. The van der Waals surface area contributed by atoms with Crippen molar-refractivity contribution in [3.8, 4) is 0 Å². The minimum Gasteiger partial charge on any atom is -0.386 e. The van der Waals surface area contributed by atoms with Crippen LogP contribution in [0.2, 0.25) is 0 Å². The number of ether oxygens (including phenoxy) is 3. The topological polar surface area (TPSA) is 367 Å². The van der Waals surface area contributed by atoms with Gasteiger partial charge >= 0.3 is 0 Å². The van der Waals surface area contributed by atoms with Gasteiger partial charge in [0.2, 0.25) is 59.1 Å². The van der Waals surface area contributed by atoms with Gasteiger partial charge in [-0.1, -0.05) is 135 Å². The van der Waals surface area contributed by atoms with Gasteiger partial charge in [-0.25, -0.2) is 9.97 Å². The van der Waals surface area contributed by atoms with E-state index in [1.165, 1.54) is 31.1 Å². The van der Waals surface area contributed by atoms with Crippen molar-refractivity contribution < 1.29 is 76.9 Å². The highest BCUT2D eigenvalue weighted by molar-refractivity contribution is 9.09. The molecule has 1 aromatic heterocycles. The first-order valence-corrected chi connectivity index (χ1v) is 34.8. The maximum atomic E-state index is 14.8. The summed E-state index contributed by atoms with van der Waals surface area (Å²) < 4.78 is 17.6. The fourth-order valence-corrected chi connectivity index (χ4v) is 12.8. The number of aryl methyl sites for hydroxylation is 1. The van der Waals surface area contributed by atoms with E-state index >= 15 is 0 Å². The molecule has 0 unspecified atom stereocenters. The van der Waals surface area contributed by atoms with Gasteiger partial charge in [0.1, 0.15) is 38.5 Å². The van der Waals surface area contributed by atoms with Crippen LogP contribution < -0.4 is 36.8 Å². The Morgan fingerprint density at radius 1 is 0.704 bits per heavy atom. The molecule has 31 heteroatoms. The Morgan fingerprint density at radius 2 is 1.29 bits per heavy atom. The zero-order chi connectivity index (χ0) is 72.8. The number of fused-ring (bicyclic) bond motifs is 1. The zero-order valence-electron chi connectivity index (χ0n) is 58.0. The molecular weight excluding hydrogens is 1400 g/mol. The van der Waals surface area contributed by atoms with Crippen molar-refractivity contribution in [2.45, 2.75) is 147 Å². The van der Waals surface area contributed by atoms with Crippen molar-refractivity contribution in [2.75, 3.05) is 85.8 Å². The van der Waals surface area contributed by atoms with Crippen LogP contribution in [0.15, 0.2) is 54.6 Å². The van der Waals surface area contributed by atoms with Crippen LogP contribution in [-0.2, 0) is 72.8 Å². The maximum Gasteiger partial charge on any atom is 0.282 e. The molecule has 98 heavy (non-hydrogen) atoms. The van der Waals surface area contributed by atoms with E-state index in [-0.39, 0.29) is 46.2 Å². The molecule has 0 bridgehead atoms. The molecule has 1 saturated heterocycles. The van der Waals surface area contributed by atoms with Gasteiger partial charge in [0.15, 0.2) is 11.4 Å². The van der Waals surface area contributed by atoms with E-state index in [2.05, 4.69) is 73.7 Å². The summed E-state index contributed by atoms with van der Waals surface area (Å²) in [5.74, 6) is -9.64. The Kier molecular flexibility index (Phi) is 31.8. The number of methoxy groups -OCH3 is 2. The molecule has 10 atom stereocenters. The van der Waals surface area contributed by atoms with Gasteiger partial charge < -0.3 is 70.8 Å². The first-order valence-electron chi connectivity index (χ1n) is 32.6. The number of imide groups is 1. The second kappa shape index (κ2) is 38.5. The predicted octanol–water partition coefficient (Wildman–Crippen LogP) is 2.43. The van der Waals surface area contributed by atoms with Gasteiger partial charge in [-0.3, -0.25) is 62.4 Å². The van der Waals surface area contributed by atoms with Crippen LogP contribution >= 0.6 is 31.9 Å². The molecule has 3 heterocycles. The summed E-state index contributed by atoms with van der Waals surface area (Å²) in [6.45, 7) is 12.3. The van der Waals surface area contributed by atoms with E-state index in [0.29, 0.717) is 58.9 Å². The molecule has 2 aliphatic rings. The molecule has 538 valence electrons. The minimum absolute atomic E-state index is 0.109. The molecule has 5 rings (SSSR count). The first-order chi connectivity index (χ1) is 46.5. The number of aromatic nitrogens is 2. The number of benzene rings is 2. The standard InChI is InChI=1S/C67H95Br2N13O16/c1-14-39(6)60(48(96-12)27-53(87)80-26-20-25-47(80)62(97-13)41(8)63(91)74-42(9)61(90)43-22-16-15-17-23-43)79(11)65(93)56(37(2)3)77-64(92)59(38(4)5)78(10)55(89)35-98-36-73-52(86)33-81(46-24-19-18-21-40(46)7)54(88)32-72-50(84)30-70-49(83)31-71-51(85)34-82-66(94)57-58(67(82)95)76-45(29-69)44(28-68)75-57/h15-19,21-24,37-39,41-42,47-48,56,59-62,90H,14,20,25-36H2,1-13H3,(H,70,83)(H,71,85)(H,72,84)(H,73,86)(H,74,91)(H,77,92)/t39-,41+,42+,47-,48+,56-,59-,60-,61+,62+/m0/s1. The molecule has 0 spiro atoms. The summed E-state index contributed by atoms with van der Waals surface area (Å²) in [6, 6.07) is 11.8. The number of likely N-dealkylation sites (N-methyl/N-ethyl adjacent to an activating group) is 2. The lowest BCUT2D eigenvalue weighted by atomic mass is 9.89. The zero-order valence-corrected chi connectivity index (χ0v) is 61.2. The van der Waals surface area contributed by atoms with Crippen LogP contribution in [0, 0.1) is 30.6 Å².